The zero-order chi connectivity index (χ0) is 25.7. The van der Waals surface area contributed by atoms with E-state index in [1.807, 2.05) is 0 Å². The number of esters is 1. The van der Waals surface area contributed by atoms with Crippen LogP contribution < -0.4 is 9.47 Å². The van der Waals surface area contributed by atoms with Gasteiger partial charge in [0.1, 0.15) is 6.54 Å². The molecular weight excluding hydrogens is 504 g/mol. The second kappa shape index (κ2) is 11.6. The number of carbonyl (C=O) groups excluding carboxylic acids is 4. The van der Waals surface area contributed by atoms with E-state index < -0.39 is 17.1 Å². The van der Waals surface area contributed by atoms with Crippen molar-refractivity contribution in [2.75, 3.05) is 26.2 Å². The summed E-state index contributed by atoms with van der Waals surface area (Å²) >= 11 is 6.74. The molecule has 0 aromatic heterocycles. The molecule has 2 saturated heterocycles. The molecule has 0 atom stereocenters. The van der Waals surface area contributed by atoms with Crippen molar-refractivity contribution in [3.05, 3.63) is 63.5 Å². The third-order valence-corrected chi connectivity index (χ3v) is 6.85. The van der Waals surface area contributed by atoms with Gasteiger partial charge in [0.15, 0.2) is 11.5 Å². The number of carbonyl (C=O) groups is 4. The molecule has 2 aliphatic heterocycles. The number of amides is 3. The number of benzene rings is 2. The number of nitrogens with zero attached hydrogens (tertiary/aromatic N) is 2. The van der Waals surface area contributed by atoms with E-state index in [0.29, 0.717) is 41.6 Å². The third-order valence-electron chi connectivity index (χ3n) is 5.70. The molecule has 0 N–H and O–H groups in total. The second-order valence-corrected chi connectivity index (χ2v) is 9.68. The molecule has 2 aromatic rings. The van der Waals surface area contributed by atoms with Gasteiger partial charge in [0.25, 0.3) is 11.1 Å². The Morgan fingerprint density at radius 3 is 2.56 bits per heavy atom. The number of halogens is 1. The highest BCUT2D eigenvalue weighted by Gasteiger charge is 2.37. The van der Waals surface area contributed by atoms with Crippen molar-refractivity contribution in [2.45, 2.75) is 26.2 Å². The van der Waals surface area contributed by atoms with Crippen LogP contribution in [0.25, 0.3) is 6.08 Å². The smallest absolute Gasteiger partial charge is 0.343 e. The van der Waals surface area contributed by atoms with Gasteiger partial charge in [-0.25, -0.2) is 4.79 Å². The molecule has 3 amide bonds. The highest BCUT2D eigenvalue weighted by molar-refractivity contribution is 8.18. The van der Waals surface area contributed by atoms with Crippen LogP contribution in [0.15, 0.2) is 47.4 Å². The summed E-state index contributed by atoms with van der Waals surface area (Å²) in [5, 5.41) is -0.0647. The van der Waals surface area contributed by atoms with Gasteiger partial charge in [-0.15, -0.1) is 0 Å². The SMILES string of the molecule is CCOc1cc(/C=C2\SC(=O)N(CC(=O)N3CCCCC3)C2=O)ccc1OC(=O)c1cccc(Cl)c1. The van der Waals surface area contributed by atoms with Crippen molar-refractivity contribution in [2.24, 2.45) is 0 Å². The quantitative estimate of drug-likeness (QED) is 0.283. The molecule has 36 heavy (non-hydrogen) atoms. The number of thioether (sulfide) groups is 1. The maximum atomic E-state index is 12.9. The summed E-state index contributed by atoms with van der Waals surface area (Å²) < 4.78 is 11.1. The number of rotatable bonds is 7. The Labute approximate surface area is 218 Å². The zero-order valence-corrected chi connectivity index (χ0v) is 21.3. The Balaban J connectivity index is 1.49. The Bertz CT molecular complexity index is 1220. The van der Waals surface area contributed by atoms with Gasteiger partial charge in [-0.2, -0.15) is 0 Å². The van der Waals surface area contributed by atoms with E-state index in [9.17, 15) is 19.2 Å². The summed E-state index contributed by atoms with van der Waals surface area (Å²) in [5.41, 5.74) is 0.871. The van der Waals surface area contributed by atoms with Crippen LogP contribution in [0.2, 0.25) is 5.02 Å². The van der Waals surface area contributed by atoms with Crippen LogP contribution in [0.3, 0.4) is 0 Å². The third kappa shape index (κ3) is 6.09. The van der Waals surface area contributed by atoms with Crippen molar-refractivity contribution in [3.8, 4) is 11.5 Å². The molecule has 188 valence electrons. The van der Waals surface area contributed by atoms with Crippen LogP contribution in [-0.4, -0.2) is 59.1 Å². The van der Waals surface area contributed by atoms with Crippen molar-refractivity contribution < 1.29 is 28.7 Å². The standard InChI is InChI=1S/C26H25ClN2O6S/c1-2-34-21-13-17(9-10-20(21)35-25(32)18-7-6-8-19(27)15-18)14-22-24(31)29(26(33)36-22)16-23(30)28-11-4-3-5-12-28/h6-10,13-15H,2-5,11-12,16H2,1H3/b22-14-. The Morgan fingerprint density at radius 2 is 1.83 bits per heavy atom. The lowest BCUT2D eigenvalue weighted by molar-refractivity contribution is -0.136. The van der Waals surface area contributed by atoms with Crippen LogP contribution in [0.5, 0.6) is 11.5 Å². The summed E-state index contributed by atoms with van der Waals surface area (Å²) in [6, 6.07) is 11.2. The highest BCUT2D eigenvalue weighted by atomic mass is 35.5. The molecule has 2 heterocycles. The summed E-state index contributed by atoms with van der Waals surface area (Å²) in [7, 11) is 0. The number of piperidine rings is 1. The van der Waals surface area contributed by atoms with Crippen molar-refractivity contribution in [1.82, 2.24) is 9.80 Å². The number of ether oxygens (including phenoxy) is 2. The first-order valence-electron chi connectivity index (χ1n) is 11.6. The first-order chi connectivity index (χ1) is 17.4. The summed E-state index contributed by atoms with van der Waals surface area (Å²) in [5.74, 6) is -0.807. The molecule has 4 rings (SSSR count). The van der Waals surface area contributed by atoms with E-state index in [1.54, 1.807) is 54.3 Å². The van der Waals surface area contributed by atoms with E-state index in [0.717, 1.165) is 35.9 Å². The van der Waals surface area contributed by atoms with Crippen molar-refractivity contribution >= 4 is 52.5 Å². The molecule has 0 spiro atoms. The minimum atomic E-state index is -0.592. The largest absolute Gasteiger partial charge is 0.490 e. The summed E-state index contributed by atoms with van der Waals surface area (Å²) in [4.78, 5) is 53.3. The number of hydrogen-bond acceptors (Lipinski definition) is 7. The van der Waals surface area contributed by atoms with E-state index in [2.05, 4.69) is 0 Å². The Hall–Kier alpha value is -3.30. The predicted octanol–water partition coefficient (Wildman–Crippen LogP) is 5.01. The average molecular weight is 529 g/mol. The molecule has 2 aromatic carbocycles. The molecule has 0 unspecified atom stereocenters. The maximum Gasteiger partial charge on any atom is 0.343 e. The normalized spacial score (nSPS) is 17.0. The Kier molecular flexibility index (Phi) is 8.32. The topological polar surface area (TPSA) is 93.2 Å². The minimum Gasteiger partial charge on any atom is -0.490 e. The van der Waals surface area contributed by atoms with Crippen molar-refractivity contribution in [3.63, 3.8) is 0 Å². The van der Waals surface area contributed by atoms with Gasteiger partial charge in [-0.05, 0) is 79.9 Å². The van der Waals surface area contributed by atoms with E-state index >= 15 is 0 Å². The number of hydrogen-bond donors (Lipinski definition) is 0. The molecule has 2 aliphatic rings. The van der Waals surface area contributed by atoms with Crippen LogP contribution in [0.1, 0.15) is 42.1 Å². The lowest BCUT2D eigenvalue weighted by Gasteiger charge is -2.27. The van der Waals surface area contributed by atoms with Gasteiger partial charge >= 0.3 is 5.97 Å². The van der Waals surface area contributed by atoms with Gasteiger partial charge in [-0.1, -0.05) is 23.7 Å². The van der Waals surface area contributed by atoms with Gasteiger partial charge in [0.2, 0.25) is 5.91 Å². The number of likely N-dealkylation sites (tertiary alicyclic amines) is 1. The van der Waals surface area contributed by atoms with E-state index in [1.165, 1.54) is 6.07 Å². The van der Waals surface area contributed by atoms with Gasteiger partial charge in [0, 0.05) is 18.1 Å². The van der Waals surface area contributed by atoms with Crippen LogP contribution in [0.4, 0.5) is 4.79 Å². The fourth-order valence-corrected chi connectivity index (χ4v) is 4.94. The van der Waals surface area contributed by atoms with E-state index in [-0.39, 0.29) is 23.1 Å². The molecule has 0 bridgehead atoms. The summed E-state index contributed by atoms with van der Waals surface area (Å²) in [6.45, 7) is 3.16. The molecule has 0 radical (unpaired) electrons. The molecular formula is C26H25ClN2O6S. The van der Waals surface area contributed by atoms with Gasteiger partial charge in [-0.3, -0.25) is 19.3 Å². The monoisotopic (exact) mass is 528 g/mol. The minimum absolute atomic E-state index is 0.206. The summed E-state index contributed by atoms with van der Waals surface area (Å²) in [6.07, 6.45) is 4.50. The molecule has 2 fully saturated rings. The lowest BCUT2D eigenvalue weighted by Crippen LogP contribution is -2.44. The molecule has 0 saturated carbocycles. The first-order valence-corrected chi connectivity index (χ1v) is 12.8. The van der Waals surface area contributed by atoms with E-state index in [4.69, 9.17) is 21.1 Å². The van der Waals surface area contributed by atoms with Gasteiger partial charge in [0.05, 0.1) is 17.1 Å². The maximum absolute atomic E-state index is 12.9. The fraction of sp³-hybridized carbons (Fsp3) is 0.308. The van der Waals surface area contributed by atoms with Crippen LogP contribution in [-0.2, 0) is 9.59 Å². The second-order valence-electron chi connectivity index (χ2n) is 8.25. The average Bonchev–Trinajstić information content (AvgIpc) is 3.13. The molecule has 10 heteroatoms. The molecule has 0 aliphatic carbocycles. The predicted molar refractivity (Wildman–Crippen MR) is 137 cm³/mol. The number of imide groups is 1. The fourth-order valence-electron chi connectivity index (χ4n) is 3.91. The van der Waals surface area contributed by atoms with Gasteiger partial charge < -0.3 is 14.4 Å². The Morgan fingerprint density at radius 1 is 1.06 bits per heavy atom. The first kappa shape index (κ1) is 25.8. The van der Waals surface area contributed by atoms with Crippen LogP contribution in [0, 0.1) is 0 Å². The van der Waals surface area contributed by atoms with Crippen LogP contribution >= 0.6 is 23.4 Å². The lowest BCUT2D eigenvalue weighted by atomic mass is 10.1. The molecule has 8 nitrogen and oxygen atoms in total. The highest BCUT2D eigenvalue weighted by Crippen LogP contribution is 2.35. The van der Waals surface area contributed by atoms with Crippen molar-refractivity contribution in [1.29, 1.82) is 0 Å². The zero-order valence-electron chi connectivity index (χ0n) is 19.7.